The second kappa shape index (κ2) is 8.51. The molecule has 1 aromatic rings. The fourth-order valence-electron chi connectivity index (χ4n) is 1.55. The number of benzene rings is 1. The number of carbonyl (C=O) groups is 1. The molecule has 0 saturated carbocycles. The predicted molar refractivity (Wildman–Crippen MR) is 80.8 cm³/mol. The first-order valence-corrected chi connectivity index (χ1v) is 7.60. The first kappa shape index (κ1) is 17.3. The Bertz CT molecular complexity index is 506. The average Bonchev–Trinajstić information content (AvgIpc) is 2.49. The van der Waals surface area contributed by atoms with Crippen LogP contribution in [0.3, 0.4) is 0 Å². The number of carbonyl (C=O) groups excluding carboxylic acids is 1. The van der Waals surface area contributed by atoms with Crippen LogP contribution in [0.5, 0.6) is 5.75 Å². The van der Waals surface area contributed by atoms with E-state index in [2.05, 4.69) is 4.74 Å². The molecule has 0 heterocycles. The monoisotopic (exact) mass is 313 g/mol. The number of hydrogen-bond acceptors (Lipinski definition) is 6. The van der Waals surface area contributed by atoms with Crippen LogP contribution in [0.4, 0.5) is 5.69 Å². The van der Waals surface area contributed by atoms with Crippen molar-refractivity contribution < 1.29 is 19.2 Å². The van der Waals surface area contributed by atoms with Gasteiger partial charge in [0.1, 0.15) is 0 Å². The minimum Gasteiger partial charge on any atom is -0.487 e. The molecular formula is C14H19NO5S. The van der Waals surface area contributed by atoms with Gasteiger partial charge in [0.15, 0.2) is 5.75 Å². The molecule has 21 heavy (non-hydrogen) atoms. The second-order valence-corrected chi connectivity index (χ2v) is 5.56. The number of nitro groups is 1. The molecule has 0 aromatic heterocycles. The van der Waals surface area contributed by atoms with Gasteiger partial charge in [-0.1, -0.05) is 13.8 Å². The molecule has 0 amide bonds. The van der Waals surface area contributed by atoms with Crippen molar-refractivity contribution in [2.45, 2.75) is 25.2 Å². The average molecular weight is 313 g/mol. The van der Waals surface area contributed by atoms with Gasteiger partial charge in [0, 0.05) is 22.8 Å². The zero-order chi connectivity index (χ0) is 15.8. The summed E-state index contributed by atoms with van der Waals surface area (Å²) in [5, 5.41) is 10.9. The minimum absolute atomic E-state index is 0.0474. The van der Waals surface area contributed by atoms with Gasteiger partial charge in [-0.3, -0.25) is 14.9 Å². The Morgan fingerprint density at radius 2 is 2.19 bits per heavy atom. The molecule has 0 saturated heterocycles. The molecule has 0 bridgehead atoms. The van der Waals surface area contributed by atoms with Gasteiger partial charge in [-0.05, 0) is 12.5 Å². The van der Waals surface area contributed by atoms with Crippen molar-refractivity contribution in [2.24, 2.45) is 5.92 Å². The van der Waals surface area contributed by atoms with Gasteiger partial charge in [-0.2, -0.15) is 0 Å². The lowest BCUT2D eigenvalue weighted by molar-refractivity contribution is -0.385. The van der Waals surface area contributed by atoms with Crippen LogP contribution >= 0.6 is 11.8 Å². The lowest BCUT2D eigenvalue weighted by Crippen LogP contribution is -2.14. The number of ether oxygens (including phenoxy) is 2. The maximum absolute atomic E-state index is 11.3. The predicted octanol–water partition coefficient (Wildman–Crippen LogP) is 3.28. The zero-order valence-corrected chi connectivity index (χ0v) is 13.1. The lowest BCUT2D eigenvalue weighted by Gasteiger charge is -2.10. The molecule has 0 spiro atoms. The molecule has 116 valence electrons. The van der Waals surface area contributed by atoms with Crippen LogP contribution < -0.4 is 4.74 Å². The Balaban J connectivity index is 2.79. The van der Waals surface area contributed by atoms with Gasteiger partial charge in [0.2, 0.25) is 0 Å². The molecule has 0 aliphatic rings. The van der Waals surface area contributed by atoms with Gasteiger partial charge in [-0.15, -0.1) is 11.8 Å². The number of rotatable bonds is 8. The Labute approximate surface area is 128 Å². The highest BCUT2D eigenvalue weighted by Crippen LogP contribution is 2.32. The number of esters is 1. The summed E-state index contributed by atoms with van der Waals surface area (Å²) in [6.45, 7) is 4.13. The largest absolute Gasteiger partial charge is 0.487 e. The van der Waals surface area contributed by atoms with Crippen molar-refractivity contribution in [3.63, 3.8) is 0 Å². The van der Waals surface area contributed by atoms with E-state index in [9.17, 15) is 14.9 Å². The van der Waals surface area contributed by atoms with Crippen molar-refractivity contribution in [1.82, 2.24) is 0 Å². The first-order valence-electron chi connectivity index (χ1n) is 6.61. The fraction of sp³-hybridized carbons (Fsp3) is 0.500. The maximum Gasteiger partial charge on any atom is 0.310 e. The topological polar surface area (TPSA) is 78.7 Å². The number of nitrogens with zero attached hydrogens (tertiary/aromatic N) is 1. The zero-order valence-electron chi connectivity index (χ0n) is 12.3. The van der Waals surface area contributed by atoms with E-state index in [1.165, 1.54) is 24.9 Å². The summed E-state index contributed by atoms with van der Waals surface area (Å²) in [5.74, 6) is 0.289. The molecule has 0 aliphatic carbocycles. The van der Waals surface area contributed by atoms with Crippen LogP contribution in [0.2, 0.25) is 0 Å². The van der Waals surface area contributed by atoms with Crippen LogP contribution in [0.25, 0.3) is 0 Å². The Kier molecular flexibility index (Phi) is 7.01. The molecule has 6 nitrogen and oxygen atoms in total. The molecule has 0 fully saturated rings. The molecule has 0 radical (unpaired) electrons. The van der Waals surface area contributed by atoms with Crippen molar-refractivity contribution in [1.29, 1.82) is 0 Å². The summed E-state index contributed by atoms with van der Waals surface area (Å²) >= 11 is 1.44. The summed E-state index contributed by atoms with van der Waals surface area (Å²) in [6.07, 6.45) is 0.772. The Morgan fingerprint density at radius 1 is 1.48 bits per heavy atom. The quantitative estimate of drug-likeness (QED) is 0.317. The highest BCUT2D eigenvalue weighted by Gasteiger charge is 2.17. The van der Waals surface area contributed by atoms with E-state index in [0.717, 1.165) is 11.3 Å². The molecular weight excluding hydrogens is 294 g/mol. The van der Waals surface area contributed by atoms with Crippen molar-refractivity contribution >= 4 is 23.4 Å². The second-order valence-electron chi connectivity index (χ2n) is 4.47. The van der Waals surface area contributed by atoms with Crippen LogP contribution in [-0.2, 0) is 9.53 Å². The van der Waals surface area contributed by atoms with E-state index < -0.39 is 4.92 Å². The molecule has 1 rings (SSSR count). The molecule has 1 atom stereocenters. The summed E-state index contributed by atoms with van der Waals surface area (Å²) in [5.41, 5.74) is -0.0474. The van der Waals surface area contributed by atoms with Gasteiger partial charge in [-0.25, -0.2) is 0 Å². The third-order valence-corrected chi connectivity index (χ3v) is 3.95. The molecule has 0 aliphatic heterocycles. The summed E-state index contributed by atoms with van der Waals surface area (Å²) in [7, 11) is 1.35. The van der Waals surface area contributed by atoms with Gasteiger partial charge >= 0.3 is 11.7 Å². The fourth-order valence-corrected chi connectivity index (χ4v) is 2.49. The third-order valence-electron chi connectivity index (χ3n) is 2.69. The molecule has 7 heteroatoms. The maximum atomic E-state index is 11.3. The van der Waals surface area contributed by atoms with E-state index in [1.54, 1.807) is 19.1 Å². The third kappa shape index (κ3) is 5.26. The van der Waals surface area contributed by atoms with Gasteiger partial charge < -0.3 is 9.47 Å². The normalized spacial score (nSPS) is 11.8. The molecule has 1 aromatic carbocycles. The molecule has 1 unspecified atom stereocenters. The lowest BCUT2D eigenvalue weighted by atomic mass is 10.2. The smallest absolute Gasteiger partial charge is 0.310 e. The summed E-state index contributed by atoms with van der Waals surface area (Å²) in [6, 6.07) is 4.73. The van der Waals surface area contributed by atoms with E-state index >= 15 is 0 Å². The highest BCUT2D eigenvalue weighted by atomic mass is 32.2. The van der Waals surface area contributed by atoms with Crippen LogP contribution in [0, 0.1) is 16.0 Å². The Hall–Kier alpha value is -1.76. The Morgan fingerprint density at radius 3 is 2.76 bits per heavy atom. The molecule has 0 N–H and O–H groups in total. The number of thioether (sulfide) groups is 1. The number of nitro benzene ring substituents is 1. The first-order chi connectivity index (χ1) is 9.99. The van der Waals surface area contributed by atoms with E-state index in [-0.39, 0.29) is 23.3 Å². The number of hydrogen-bond donors (Lipinski definition) is 0. The van der Waals surface area contributed by atoms with Gasteiger partial charge in [0.25, 0.3) is 0 Å². The highest BCUT2D eigenvalue weighted by molar-refractivity contribution is 7.99. The van der Waals surface area contributed by atoms with Gasteiger partial charge in [0.05, 0.1) is 24.6 Å². The minimum atomic E-state index is -0.462. The van der Waals surface area contributed by atoms with Crippen molar-refractivity contribution in [2.75, 3.05) is 19.5 Å². The summed E-state index contributed by atoms with van der Waals surface area (Å²) < 4.78 is 10.1. The van der Waals surface area contributed by atoms with E-state index in [1.807, 2.05) is 6.92 Å². The van der Waals surface area contributed by atoms with E-state index in [4.69, 9.17) is 4.74 Å². The van der Waals surface area contributed by atoms with Crippen molar-refractivity contribution in [3.8, 4) is 5.75 Å². The van der Waals surface area contributed by atoms with E-state index in [0.29, 0.717) is 12.4 Å². The van der Waals surface area contributed by atoms with Crippen LogP contribution in [0.1, 0.15) is 20.3 Å². The van der Waals surface area contributed by atoms with Crippen LogP contribution in [-0.4, -0.2) is 30.4 Å². The number of methoxy groups -OCH3 is 1. The SMILES string of the molecule is CCCOc1cc(SCC(C)C(=O)OC)ccc1[N+](=O)[O-]. The van der Waals surface area contributed by atoms with Crippen LogP contribution in [0.15, 0.2) is 23.1 Å². The standard InChI is InChI=1S/C14H19NO5S/c1-4-7-20-13-8-11(5-6-12(13)15(17)18)21-9-10(2)14(16)19-3/h5-6,8,10H,4,7,9H2,1-3H3. The summed E-state index contributed by atoms with van der Waals surface area (Å²) in [4.78, 5) is 22.6. The van der Waals surface area contributed by atoms with Crippen molar-refractivity contribution in [3.05, 3.63) is 28.3 Å².